The summed E-state index contributed by atoms with van der Waals surface area (Å²) >= 11 is 0. The minimum Gasteiger partial charge on any atom is -0.489 e. The minimum absolute atomic E-state index is 0.0460. The Bertz CT molecular complexity index is 1830. The van der Waals surface area contributed by atoms with Crippen LogP contribution >= 0.6 is 0 Å². The number of rotatable bonds is 8. The molecule has 1 saturated carbocycles. The quantitative estimate of drug-likeness (QED) is 0.343. The molecule has 0 spiro atoms. The molecular weight excluding hydrogens is 634 g/mol. The highest BCUT2D eigenvalue weighted by atomic mass is 16.5. The third kappa shape index (κ3) is 5.93. The zero-order valence-electron chi connectivity index (χ0n) is 28.9. The number of ether oxygens (including phenoxy) is 1. The molecule has 3 aliphatic heterocycles. The predicted octanol–water partition coefficient (Wildman–Crippen LogP) is 4.02. The van der Waals surface area contributed by atoms with E-state index in [0.717, 1.165) is 54.6 Å². The van der Waals surface area contributed by atoms with Gasteiger partial charge in [-0.05, 0) is 54.4 Å². The Morgan fingerprint density at radius 3 is 2.16 bits per heavy atom. The number of piperazine rings is 1. The van der Waals surface area contributed by atoms with Gasteiger partial charge in [0.15, 0.2) is 0 Å². The number of benzene rings is 3. The maximum atomic E-state index is 13.4. The number of imide groups is 2. The number of carbonyl (C=O) groups is 5. The van der Waals surface area contributed by atoms with E-state index < -0.39 is 29.7 Å². The molecule has 260 valence electrons. The third-order valence-electron chi connectivity index (χ3n) is 10.9. The van der Waals surface area contributed by atoms with Gasteiger partial charge in [0.25, 0.3) is 17.7 Å². The molecule has 5 amide bonds. The van der Waals surface area contributed by atoms with Gasteiger partial charge in [0.2, 0.25) is 11.8 Å². The van der Waals surface area contributed by atoms with E-state index in [4.69, 9.17) is 4.74 Å². The molecule has 2 N–H and O–H groups in total. The lowest BCUT2D eigenvalue weighted by atomic mass is 9.49. The summed E-state index contributed by atoms with van der Waals surface area (Å²) in [5, 5.41) is 5.52. The Balaban J connectivity index is 0.920. The summed E-state index contributed by atoms with van der Waals surface area (Å²) in [6.07, 6.45) is 0.169. The number of piperidine rings is 1. The normalized spacial score (nSPS) is 24.4. The Labute approximate surface area is 291 Å². The first-order valence-electron chi connectivity index (χ1n) is 17.3. The molecule has 50 heavy (non-hydrogen) atoms. The van der Waals surface area contributed by atoms with Crippen molar-refractivity contribution in [1.29, 1.82) is 0 Å². The van der Waals surface area contributed by atoms with Crippen molar-refractivity contribution >= 4 is 35.2 Å². The molecule has 1 aliphatic carbocycles. The second-order valence-corrected chi connectivity index (χ2v) is 15.0. The SMILES string of the molecule is CC1(C)[C@H](NC(=O)c2ccc(CN3CCN(c4ccc5c(c4)C(=O)N(C4CCC(=O)NC4=O)C5=O)CC3)cc2)C(C)(C)[C@H]1Oc1ccccc1. The minimum atomic E-state index is -0.981. The number of para-hydroxylation sites is 1. The smallest absolute Gasteiger partial charge is 0.262 e. The molecule has 1 unspecified atom stereocenters. The summed E-state index contributed by atoms with van der Waals surface area (Å²) in [6.45, 7) is 12.4. The molecular formula is C39H43N5O6. The van der Waals surface area contributed by atoms with Crippen LogP contribution in [0.1, 0.15) is 77.2 Å². The van der Waals surface area contributed by atoms with E-state index in [1.54, 1.807) is 12.1 Å². The van der Waals surface area contributed by atoms with Crippen LogP contribution in [-0.2, 0) is 16.1 Å². The lowest BCUT2D eigenvalue weighted by Gasteiger charge is -2.63. The Kier molecular flexibility index (Phi) is 8.50. The van der Waals surface area contributed by atoms with Crippen molar-refractivity contribution in [1.82, 2.24) is 20.4 Å². The van der Waals surface area contributed by atoms with Gasteiger partial charge in [0.05, 0.1) is 11.1 Å². The van der Waals surface area contributed by atoms with E-state index in [1.807, 2.05) is 60.7 Å². The van der Waals surface area contributed by atoms with Crippen molar-refractivity contribution in [3.8, 4) is 5.75 Å². The number of amides is 5. The van der Waals surface area contributed by atoms with E-state index in [2.05, 4.69) is 48.1 Å². The first-order chi connectivity index (χ1) is 23.8. The standard InChI is InChI=1S/C39H43N5O6/c1-38(2)36(39(3,4)37(38)50-27-8-6-5-7-9-27)41-32(46)25-12-10-24(11-13-25)23-42-18-20-43(21-19-42)26-14-15-28-29(22-26)35(49)44(34(28)48)30-16-17-31(45)40-33(30)47/h5-15,22,30,36-37H,16-21,23H2,1-4H3,(H,41,46)(H,40,45,47)/t30?,36-,37-. The van der Waals surface area contributed by atoms with E-state index in [0.29, 0.717) is 5.56 Å². The summed E-state index contributed by atoms with van der Waals surface area (Å²) in [6, 6.07) is 21.8. The van der Waals surface area contributed by atoms with E-state index in [9.17, 15) is 24.0 Å². The molecule has 3 aromatic rings. The second-order valence-electron chi connectivity index (χ2n) is 15.0. The van der Waals surface area contributed by atoms with Gasteiger partial charge in [-0.1, -0.05) is 58.0 Å². The van der Waals surface area contributed by atoms with Crippen molar-refractivity contribution in [3.05, 3.63) is 95.1 Å². The average Bonchev–Trinajstić information content (AvgIpc) is 3.35. The van der Waals surface area contributed by atoms with Crippen LogP contribution in [0.15, 0.2) is 72.8 Å². The first kappa shape index (κ1) is 33.5. The lowest BCUT2D eigenvalue weighted by molar-refractivity contribution is -0.164. The summed E-state index contributed by atoms with van der Waals surface area (Å²) in [5.41, 5.74) is 2.65. The molecule has 11 heteroatoms. The van der Waals surface area contributed by atoms with Crippen LogP contribution in [0.5, 0.6) is 5.75 Å². The van der Waals surface area contributed by atoms with Crippen LogP contribution < -0.4 is 20.3 Å². The van der Waals surface area contributed by atoms with Gasteiger partial charge in [-0.25, -0.2) is 0 Å². The van der Waals surface area contributed by atoms with E-state index in [-0.39, 0.29) is 52.9 Å². The summed E-state index contributed by atoms with van der Waals surface area (Å²) in [4.78, 5) is 69.2. The van der Waals surface area contributed by atoms with Crippen LogP contribution in [0.3, 0.4) is 0 Å². The predicted molar refractivity (Wildman–Crippen MR) is 187 cm³/mol. The molecule has 0 radical (unpaired) electrons. The fourth-order valence-corrected chi connectivity index (χ4v) is 8.49. The van der Waals surface area contributed by atoms with Gasteiger partial charge in [0.1, 0.15) is 17.9 Å². The number of nitrogens with one attached hydrogen (secondary N) is 2. The molecule has 3 heterocycles. The number of nitrogens with zero attached hydrogens (tertiary/aromatic N) is 3. The zero-order valence-corrected chi connectivity index (χ0v) is 28.9. The van der Waals surface area contributed by atoms with Gasteiger partial charge < -0.3 is 15.0 Å². The summed E-state index contributed by atoms with van der Waals surface area (Å²) < 4.78 is 6.37. The van der Waals surface area contributed by atoms with Gasteiger partial charge in [0, 0.05) is 67.3 Å². The topological polar surface area (TPSA) is 128 Å². The van der Waals surface area contributed by atoms with Gasteiger partial charge in [-0.3, -0.25) is 39.1 Å². The second kappa shape index (κ2) is 12.7. The monoisotopic (exact) mass is 677 g/mol. The Morgan fingerprint density at radius 1 is 0.840 bits per heavy atom. The molecule has 0 bridgehead atoms. The van der Waals surface area contributed by atoms with Crippen molar-refractivity contribution in [2.75, 3.05) is 31.1 Å². The fourth-order valence-electron chi connectivity index (χ4n) is 8.49. The highest BCUT2D eigenvalue weighted by molar-refractivity contribution is 6.23. The molecule has 3 fully saturated rings. The maximum Gasteiger partial charge on any atom is 0.262 e. The van der Waals surface area contributed by atoms with Gasteiger partial charge in [-0.2, -0.15) is 0 Å². The van der Waals surface area contributed by atoms with E-state index in [1.165, 1.54) is 0 Å². The first-order valence-corrected chi connectivity index (χ1v) is 17.3. The van der Waals surface area contributed by atoms with E-state index >= 15 is 0 Å². The largest absolute Gasteiger partial charge is 0.489 e. The lowest BCUT2D eigenvalue weighted by Crippen LogP contribution is -2.74. The van der Waals surface area contributed by atoms with Gasteiger partial charge >= 0.3 is 0 Å². The molecule has 3 aromatic carbocycles. The number of hydrogen-bond acceptors (Lipinski definition) is 8. The molecule has 7 rings (SSSR count). The van der Waals surface area contributed by atoms with Crippen molar-refractivity contribution in [2.45, 2.75) is 65.3 Å². The summed E-state index contributed by atoms with van der Waals surface area (Å²) in [7, 11) is 0. The molecule has 0 aromatic heterocycles. The number of anilines is 1. The van der Waals surface area contributed by atoms with Crippen LogP contribution in [0.4, 0.5) is 5.69 Å². The highest BCUT2D eigenvalue weighted by Gasteiger charge is 2.64. The van der Waals surface area contributed by atoms with Crippen LogP contribution in [0.2, 0.25) is 0 Å². The van der Waals surface area contributed by atoms with Crippen molar-refractivity contribution in [3.63, 3.8) is 0 Å². The van der Waals surface area contributed by atoms with Crippen LogP contribution in [-0.4, -0.2) is 83.7 Å². The fraction of sp³-hybridized carbons (Fsp3) is 0.410. The number of carbonyl (C=O) groups excluding carboxylic acids is 5. The average molecular weight is 678 g/mol. The van der Waals surface area contributed by atoms with Gasteiger partial charge in [-0.15, -0.1) is 0 Å². The summed E-state index contributed by atoms with van der Waals surface area (Å²) in [5.74, 6) is -1.28. The number of hydrogen-bond donors (Lipinski definition) is 2. The van der Waals surface area contributed by atoms with Crippen LogP contribution in [0.25, 0.3) is 0 Å². The maximum absolute atomic E-state index is 13.4. The highest BCUT2D eigenvalue weighted by Crippen LogP contribution is 2.55. The molecule has 1 atom stereocenters. The zero-order chi connectivity index (χ0) is 35.4. The Morgan fingerprint density at radius 2 is 1.50 bits per heavy atom. The Hall–Kier alpha value is -5.03. The van der Waals surface area contributed by atoms with Crippen molar-refractivity contribution in [2.24, 2.45) is 10.8 Å². The van der Waals surface area contributed by atoms with Crippen LogP contribution in [0, 0.1) is 10.8 Å². The molecule has 4 aliphatic rings. The molecule has 11 nitrogen and oxygen atoms in total. The van der Waals surface area contributed by atoms with Crippen molar-refractivity contribution < 1.29 is 28.7 Å². The molecule has 2 saturated heterocycles. The number of fused-ring (bicyclic) bond motifs is 1. The third-order valence-corrected chi connectivity index (χ3v) is 10.9.